The van der Waals surface area contributed by atoms with Crippen LogP contribution in [0, 0.1) is 0 Å². The molecule has 0 aliphatic heterocycles. The van der Waals surface area contributed by atoms with Gasteiger partial charge in [-0.15, -0.1) is 0 Å². The van der Waals surface area contributed by atoms with Crippen molar-refractivity contribution < 1.29 is 52.2 Å². The third-order valence-corrected chi connectivity index (χ3v) is 12.2. The molecule has 0 aromatic carbocycles. The smallest absolute Gasteiger partial charge is 0.462 e. The Morgan fingerprint density at radius 1 is 0.439 bits per heavy atom. The first kappa shape index (κ1) is 63.4. The van der Waals surface area contributed by atoms with Crippen molar-refractivity contribution in [3.8, 4) is 0 Å². The molecule has 384 valence electrons. The van der Waals surface area contributed by atoms with E-state index in [4.69, 9.17) is 23.3 Å². The molecule has 0 rings (SSSR count). The highest BCUT2D eigenvalue weighted by atomic mass is 31.2. The first-order chi connectivity index (χ1) is 32.2. The number of hydrogen-bond donors (Lipinski definition) is 2. The van der Waals surface area contributed by atoms with Crippen LogP contribution in [0.15, 0.2) is 48.6 Å². The van der Waals surface area contributed by atoms with Crippen LogP contribution in [0.5, 0.6) is 0 Å². The van der Waals surface area contributed by atoms with Gasteiger partial charge in [-0.2, -0.15) is 0 Å². The summed E-state index contributed by atoms with van der Waals surface area (Å²) in [6.45, 7) is 4.47. The Morgan fingerprint density at radius 2 is 0.803 bits per heavy atom. The van der Waals surface area contributed by atoms with Gasteiger partial charge < -0.3 is 24.2 Å². The number of carbonyl (C=O) groups is 3. The number of phosphoric acid groups is 1. The Labute approximate surface area is 403 Å². The predicted octanol–water partition coefficient (Wildman–Crippen LogP) is 15.0. The highest BCUT2D eigenvalue weighted by Crippen LogP contribution is 2.43. The quantitative estimate of drug-likeness (QED) is 0.0197. The normalized spacial score (nSPS) is 13.8. The van der Waals surface area contributed by atoms with Gasteiger partial charge in [-0.3, -0.25) is 23.4 Å². The van der Waals surface area contributed by atoms with Crippen molar-refractivity contribution in [3.05, 3.63) is 48.6 Å². The van der Waals surface area contributed by atoms with Gasteiger partial charge in [0.05, 0.1) is 19.8 Å². The maximum atomic E-state index is 12.8. The van der Waals surface area contributed by atoms with Crippen molar-refractivity contribution in [2.45, 2.75) is 251 Å². The topological polar surface area (TPSA) is 155 Å². The Kier molecular flexibility index (Phi) is 47.0. The predicted molar refractivity (Wildman–Crippen MR) is 270 cm³/mol. The van der Waals surface area contributed by atoms with E-state index < -0.39 is 57.8 Å². The average molecular weight is 953 g/mol. The standard InChI is InChI=1S/C54H97O11P/c1-4-7-10-13-16-19-22-24-25-27-30-33-36-39-42-45-54(58)65-51(47-61-52(56)43-40-37-34-31-28-21-18-15-12-9-6-3)49-63-66(59,60)62-48-50(46-55)64-53(57)44-41-38-35-32-29-26-23-20-17-14-11-8-5-2/h7,10,15-16,18-19,24-25,50-51,55H,4-6,8-9,11-14,17,20-23,26-49H2,1-3H3,(H,59,60)/b10-7-,18-15-,19-16-,25-24-. The van der Waals surface area contributed by atoms with E-state index >= 15 is 0 Å². The highest BCUT2D eigenvalue weighted by molar-refractivity contribution is 7.47. The van der Waals surface area contributed by atoms with E-state index in [0.717, 1.165) is 109 Å². The summed E-state index contributed by atoms with van der Waals surface area (Å²) in [5.41, 5.74) is 0. The van der Waals surface area contributed by atoms with E-state index in [-0.39, 0.29) is 25.9 Å². The fraction of sp³-hybridized carbons (Fsp3) is 0.796. The van der Waals surface area contributed by atoms with E-state index in [9.17, 15) is 28.9 Å². The maximum Gasteiger partial charge on any atom is 0.472 e. The van der Waals surface area contributed by atoms with Crippen LogP contribution in [-0.4, -0.2) is 66.5 Å². The Morgan fingerprint density at radius 3 is 1.27 bits per heavy atom. The van der Waals surface area contributed by atoms with Gasteiger partial charge in [0.25, 0.3) is 0 Å². The number of hydrogen-bond acceptors (Lipinski definition) is 10. The van der Waals surface area contributed by atoms with Crippen molar-refractivity contribution in [2.75, 3.05) is 26.4 Å². The molecule has 0 saturated heterocycles. The largest absolute Gasteiger partial charge is 0.472 e. The maximum absolute atomic E-state index is 12.8. The fourth-order valence-electron chi connectivity index (χ4n) is 7.17. The van der Waals surface area contributed by atoms with Crippen LogP contribution in [0.3, 0.4) is 0 Å². The second kappa shape index (κ2) is 48.9. The van der Waals surface area contributed by atoms with Crippen LogP contribution >= 0.6 is 7.82 Å². The van der Waals surface area contributed by atoms with Crippen LogP contribution < -0.4 is 0 Å². The van der Waals surface area contributed by atoms with Gasteiger partial charge in [0.15, 0.2) is 6.10 Å². The van der Waals surface area contributed by atoms with Crippen LogP contribution in [-0.2, 0) is 42.2 Å². The van der Waals surface area contributed by atoms with Gasteiger partial charge in [-0.25, -0.2) is 4.57 Å². The van der Waals surface area contributed by atoms with Gasteiger partial charge in [-0.05, 0) is 70.6 Å². The third-order valence-electron chi connectivity index (χ3n) is 11.2. The van der Waals surface area contributed by atoms with Crippen LogP contribution in [0.25, 0.3) is 0 Å². The molecule has 0 aliphatic carbocycles. The summed E-state index contributed by atoms with van der Waals surface area (Å²) in [6, 6.07) is 0. The number of unbranched alkanes of at least 4 members (excludes halogenated alkanes) is 24. The molecule has 0 spiro atoms. The molecule has 0 aromatic heterocycles. The lowest BCUT2D eigenvalue weighted by Gasteiger charge is -2.21. The molecule has 3 atom stereocenters. The van der Waals surface area contributed by atoms with E-state index in [1.54, 1.807) is 0 Å². The molecule has 0 aromatic rings. The summed E-state index contributed by atoms with van der Waals surface area (Å²) >= 11 is 0. The average Bonchev–Trinajstić information content (AvgIpc) is 3.30. The number of aliphatic hydroxyl groups excluding tert-OH is 1. The van der Waals surface area contributed by atoms with Crippen molar-refractivity contribution in [1.29, 1.82) is 0 Å². The molecule has 11 nitrogen and oxygen atoms in total. The molecule has 12 heteroatoms. The lowest BCUT2D eigenvalue weighted by atomic mass is 10.0. The Balaban J connectivity index is 4.74. The zero-order valence-corrected chi connectivity index (χ0v) is 43.1. The molecule has 0 amide bonds. The minimum atomic E-state index is -4.74. The molecule has 0 heterocycles. The van der Waals surface area contributed by atoms with Gasteiger partial charge >= 0.3 is 25.7 Å². The van der Waals surface area contributed by atoms with Crippen molar-refractivity contribution in [1.82, 2.24) is 0 Å². The number of esters is 3. The molecule has 0 radical (unpaired) electrons. The summed E-state index contributed by atoms with van der Waals surface area (Å²) in [4.78, 5) is 48.3. The number of aliphatic hydroxyl groups is 1. The number of carbonyl (C=O) groups excluding carboxylic acids is 3. The van der Waals surface area contributed by atoms with E-state index in [0.29, 0.717) is 19.3 Å². The molecular formula is C54H97O11P. The third kappa shape index (κ3) is 46.5. The Hall–Kier alpha value is -2.56. The van der Waals surface area contributed by atoms with Gasteiger partial charge in [0.2, 0.25) is 0 Å². The summed E-state index contributed by atoms with van der Waals surface area (Å²) in [5, 5.41) is 9.77. The second-order valence-corrected chi connectivity index (χ2v) is 19.1. The molecule has 0 bridgehead atoms. The monoisotopic (exact) mass is 953 g/mol. The summed E-state index contributed by atoms with van der Waals surface area (Å²) < 4.78 is 39.3. The molecule has 0 aliphatic rings. The van der Waals surface area contributed by atoms with E-state index in [2.05, 4.69) is 69.4 Å². The lowest BCUT2D eigenvalue weighted by molar-refractivity contribution is -0.161. The number of ether oxygens (including phenoxy) is 3. The molecule has 0 fully saturated rings. The van der Waals surface area contributed by atoms with Crippen molar-refractivity contribution in [2.24, 2.45) is 0 Å². The van der Waals surface area contributed by atoms with Crippen LogP contribution in [0.1, 0.15) is 239 Å². The Bertz CT molecular complexity index is 1300. The highest BCUT2D eigenvalue weighted by Gasteiger charge is 2.28. The minimum absolute atomic E-state index is 0.148. The minimum Gasteiger partial charge on any atom is -0.462 e. The summed E-state index contributed by atoms with van der Waals surface area (Å²) in [5.74, 6) is -1.49. The first-order valence-electron chi connectivity index (χ1n) is 26.5. The number of allylic oxidation sites excluding steroid dienone is 8. The number of phosphoric ester groups is 1. The van der Waals surface area contributed by atoms with Crippen LogP contribution in [0.4, 0.5) is 0 Å². The molecule has 2 N–H and O–H groups in total. The van der Waals surface area contributed by atoms with Gasteiger partial charge in [0, 0.05) is 19.3 Å². The second-order valence-electron chi connectivity index (χ2n) is 17.7. The molecular weight excluding hydrogens is 856 g/mol. The van der Waals surface area contributed by atoms with E-state index in [1.807, 2.05) is 0 Å². The zero-order chi connectivity index (χ0) is 48.4. The zero-order valence-electron chi connectivity index (χ0n) is 42.2. The van der Waals surface area contributed by atoms with Gasteiger partial charge in [-0.1, -0.05) is 198 Å². The number of rotatable bonds is 49. The molecule has 0 saturated carbocycles. The van der Waals surface area contributed by atoms with Crippen molar-refractivity contribution >= 4 is 25.7 Å². The van der Waals surface area contributed by atoms with Gasteiger partial charge in [0.1, 0.15) is 12.7 Å². The van der Waals surface area contributed by atoms with Crippen LogP contribution in [0.2, 0.25) is 0 Å². The molecule has 3 unspecified atom stereocenters. The first-order valence-corrected chi connectivity index (χ1v) is 28.0. The lowest BCUT2D eigenvalue weighted by Crippen LogP contribution is -2.30. The molecule has 66 heavy (non-hydrogen) atoms. The fourth-order valence-corrected chi connectivity index (χ4v) is 7.96. The summed E-state index contributed by atoms with van der Waals surface area (Å²) in [7, 11) is -4.74. The van der Waals surface area contributed by atoms with E-state index in [1.165, 1.54) is 70.6 Å². The SMILES string of the molecule is CC/C=C\C/C=C\C/C=C\CCCCCCCC(=O)OC(COC(=O)CCCCCCC/C=C\CCCC)COP(=O)(O)OCC(CO)OC(=O)CCCCCCCCCCCCCCC. The summed E-state index contributed by atoms with van der Waals surface area (Å²) in [6.07, 6.45) is 49.3. The van der Waals surface area contributed by atoms with Crippen molar-refractivity contribution in [3.63, 3.8) is 0 Å².